The summed E-state index contributed by atoms with van der Waals surface area (Å²) in [6, 6.07) is 0. The lowest BCUT2D eigenvalue weighted by molar-refractivity contribution is -0.148. The number of nitrogens with zero attached hydrogens (tertiary/aromatic N) is 1. The Morgan fingerprint density at radius 3 is 2.56 bits per heavy atom. The minimum atomic E-state index is -0.246. The smallest absolute Gasteiger partial charge is 0.311 e. The maximum Gasteiger partial charge on any atom is 0.311 e. The summed E-state index contributed by atoms with van der Waals surface area (Å²) in [5, 5.41) is 0. The monoisotopic (exact) mass is 229 g/mol. The molecular formula is C12H23NO3. The molecule has 1 unspecified atom stereocenters. The average molecular weight is 229 g/mol. The van der Waals surface area contributed by atoms with Crippen LogP contribution in [0.2, 0.25) is 0 Å². The van der Waals surface area contributed by atoms with Crippen LogP contribution in [0.4, 0.5) is 0 Å². The van der Waals surface area contributed by atoms with Crippen molar-refractivity contribution in [1.82, 2.24) is 4.90 Å². The van der Waals surface area contributed by atoms with E-state index < -0.39 is 0 Å². The van der Waals surface area contributed by atoms with Gasteiger partial charge < -0.3 is 9.64 Å². The number of likely N-dealkylation sites (tertiary alicyclic amines) is 1. The van der Waals surface area contributed by atoms with E-state index in [1.165, 1.54) is 0 Å². The lowest BCUT2D eigenvalue weighted by Gasteiger charge is -2.09. The molecule has 0 aromatic heterocycles. The van der Waals surface area contributed by atoms with Crippen molar-refractivity contribution in [2.24, 2.45) is 5.92 Å². The number of amides is 1. The van der Waals surface area contributed by atoms with Gasteiger partial charge in [0, 0.05) is 20.0 Å². The van der Waals surface area contributed by atoms with E-state index in [1.54, 1.807) is 11.9 Å². The van der Waals surface area contributed by atoms with Gasteiger partial charge in [-0.2, -0.15) is 0 Å². The van der Waals surface area contributed by atoms with Crippen molar-refractivity contribution >= 4 is 11.9 Å². The van der Waals surface area contributed by atoms with Gasteiger partial charge in [-0.25, -0.2) is 0 Å². The zero-order chi connectivity index (χ0) is 12.6. The Hall–Kier alpha value is -1.06. The number of esters is 1. The van der Waals surface area contributed by atoms with Gasteiger partial charge in [0.05, 0.1) is 12.5 Å². The van der Waals surface area contributed by atoms with Crippen LogP contribution >= 0.6 is 0 Å². The van der Waals surface area contributed by atoms with Crippen molar-refractivity contribution in [3.8, 4) is 0 Å². The van der Waals surface area contributed by atoms with Gasteiger partial charge in [0.2, 0.25) is 5.91 Å². The number of carbonyl (C=O) groups is 2. The van der Waals surface area contributed by atoms with Gasteiger partial charge in [-0.15, -0.1) is 0 Å². The molecule has 0 saturated carbocycles. The first-order valence-corrected chi connectivity index (χ1v) is 6.05. The minimum absolute atomic E-state index is 0.0300. The van der Waals surface area contributed by atoms with Gasteiger partial charge in [0.25, 0.3) is 0 Å². The van der Waals surface area contributed by atoms with Crippen molar-refractivity contribution in [2.45, 2.75) is 40.0 Å². The summed E-state index contributed by atoms with van der Waals surface area (Å²) in [4.78, 5) is 24.1. The van der Waals surface area contributed by atoms with Crippen LogP contribution in [0.1, 0.15) is 40.0 Å². The van der Waals surface area contributed by atoms with Crippen molar-refractivity contribution in [2.75, 3.05) is 20.2 Å². The van der Waals surface area contributed by atoms with E-state index in [0.717, 1.165) is 12.8 Å². The highest BCUT2D eigenvalue weighted by atomic mass is 16.5. The first-order chi connectivity index (χ1) is 7.65. The lowest BCUT2D eigenvalue weighted by Crippen LogP contribution is -2.22. The Morgan fingerprint density at radius 2 is 2.12 bits per heavy atom. The van der Waals surface area contributed by atoms with Gasteiger partial charge >= 0.3 is 5.97 Å². The average Bonchev–Trinajstić information content (AvgIpc) is 2.62. The van der Waals surface area contributed by atoms with Crippen LogP contribution in [-0.2, 0) is 14.3 Å². The van der Waals surface area contributed by atoms with E-state index in [2.05, 4.69) is 0 Å². The van der Waals surface area contributed by atoms with Gasteiger partial charge in [0.1, 0.15) is 0 Å². The molecule has 1 atom stereocenters. The van der Waals surface area contributed by atoms with Crippen molar-refractivity contribution in [1.29, 1.82) is 0 Å². The number of rotatable bonds is 4. The summed E-state index contributed by atoms with van der Waals surface area (Å²) < 4.78 is 5.05. The predicted octanol–water partition coefficient (Wildman–Crippen LogP) is 1.83. The molecule has 4 nitrogen and oxygen atoms in total. The zero-order valence-corrected chi connectivity index (χ0v) is 10.8. The highest BCUT2D eigenvalue weighted by Gasteiger charge is 2.32. The number of hydrogen-bond acceptors (Lipinski definition) is 3. The van der Waals surface area contributed by atoms with E-state index in [4.69, 9.17) is 4.74 Å². The summed E-state index contributed by atoms with van der Waals surface area (Å²) in [6.07, 6.45) is 2.21. The summed E-state index contributed by atoms with van der Waals surface area (Å²) >= 11 is 0. The molecule has 0 aromatic rings. The summed E-state index contributed by atoms with van der Waals surface area (Å²) in [7, 11) is 1.71. The van der Waals surface area contributed by atoms with Gasteiger partial charge in [-0.1, -0.05) is 27.2 Å². The van der Waals surface area contributed by atoms with Crippen LogP contribution in [-0.4, -0.2) is 37.0 Å². The van der Waals surface area contributed by atoms with Crippen LogP contribution in [0.15, 0.2) is 0 Å². The SMILES string of the molecule is CC.CCCCOC(=O)C1CC(=O)N(C)C1. The summed E-state index contributed by atoms with van der Waals surface area (Å²) in [6.45, 7) is 7.02. The zero-order valence-electron chi connectivity index (χ0n) is 10.8. The quantitative estimate of drug-likeness (QED) is 0.546. The topological polar surface area (TPSA) is 46.6 Å². The largest absolute Gasteiger partial charge is 0.465 e. The van der Waals surface area contributed by atoms with E-state index in [1.807, 2.05) is 20.8 Å². The van der Waals surface area contributed by atoms with Crippen LogP contribution in [0, 0.1) is 5.92 Å². The highest BCUT2D eigenvalue weighted by Crippen LogP contribution is 2.17. The molecule has 1 heterocycles. The molecule has 94 valence electrons. The third-order valence-electron chi connectivity index (χ3n) is 2.42. The molecule has 0 spiro atoms. The maximum absolute atomic E-state index is 11.4. The van der Waals surface area contributed by atoms with Crippen LogP contribution in [0.3, 0.4) is 0 Å². The lowest BCUT2D eigenvalue weighted by atomic mass is 10.1. The van der Waals surface area contributed by atoms with Gasteiger partial charge in [-0.05, 0) is 6.42 Å². The molecule has 0 radical (unpaired) electrons. The number of carbonyl (C=O) groups excluding carboxylic acids is 2. The van der Waals surface area contributed by atoms with Crippen LogP contribution < -0.4 is 0 Å². The Balaban J connectivity index is 0.00000106. The Morgan fingerprint density at radius 1 is 1.50 bits per heavy atom. The Kier molecular flexibility index (Phi) is 7.60. The van der Waals surface area contributed by atoms with Crippen LogP contribution in [0.5, 0.6) is 0 Å². The first-order valence-electron chi connectivity index (χ1n) is 6.05. The highest BCUT2D eigenvalue weighted by molar-refractivity contribution is 5.86. The fourth-order valence-corrected chi connectivity index (χ4v) is 1.46. The molecule has 1 aliphatic rings. The molecular weight excluding hydrogens is 206 g/mol. The van der Waals surface area contributed by atoms with E-state index in [0.29, 0.717) is 19.6 Å². The molecule has 16 heavy (non-hydrogen) atoms. The molecule has 1 saturated heterocycles. The summed E-state index contributed by atoms with van der Waals surface area (Å²) in [5.74, 6) is -0.442. The van der Waals surface area contributed by atoms with E-state index in [9.17, 15) is 9.59 Å². The normalized spacial score (nSPS) is 19.1. The van der Waals surface area contributed by atoms with Crippen molar-refractivity contribution in [3.05, 3.63) is 0 Å². The third kappa shape index (κ3) is 4.64. The maximum atomic E-state index is 11.4. The standard InChI is InChI=1S/C10H17NO3.C2H6/c1-3-4-5-14-10(13)8-6-9(12)11(2)7-8;1-2/h8H,3-7H2,1-2H3;1-2H3. The van der Waals surface area contributed by atoms with Gasteiger partial charge in [-0.3, -0.25) is 9.59 Å². The fraction of sp³-hybridized carbons (Fsp3) is 0.833. The third-order valence-corrected chi connectivity index (χ3v) is 2.42. The molecule has 4 heteroatoms. The second-order valence-electron chi connectivity index (χ2n) is 3.70. The number of ether oxygens (including phenoxy) is 1. The van der Waals surface area contributed by atoms with Gasteiger partial charge in [0.15, 0.2) is 0 Å². The number of unbranched alkanes of at least 4 members (excludes halogenated alkanes) is 1. The molecule has 0 aliphatic carbocycles. The van der Waals surface area contributed by atoms with Crippen molar-refractivity contribution < 1.29 is 14.3 Å². The summed E-state index contributed by atoms with van der Waals surface area (Å²) in [5.41, 5.74) is 0. The Labute approximate surface area is 98.0 Å². The number of hydrogen-bond donors (Lipinski definition) is 0. The molecule has 0 aromatic carbocycles. The second-order valence-corrected chi connectivity index (χ2v) is 3.70. The molecule has 0 bridgehead atoms. The first kappa shape index (κ1) is 14.9. The molecule has 1 aliphatic heterocycles. The van der Waals surface area contributed by atoms with E-state index >= 15 is 0 Å². The molecule has 1 rings (SSSR count). The van der Waals surface area contributed by atoms with Crippen LogP contribution in [0.25, 0.3) is 0 Å². The van der Waals surface area contributed by atoms with Crippen molar-refractivity contribution in [3.63, 3.8) is 0 Å². The second kappa shape index (κ2) is 8.13. The predicted molar refractivity (Wildman–Crippen MR) is 63.0 cm³/mol. The molecule has 1 amide bonds. The minimum Gasteiger partial charge on any atom is -0.465 e. The molecule has 1 fully saturated rings. The van der Waals surface area contributed by atoms with E-state index in [-0.39, 0.29) is 17.8 Å². The Bertz CT molecular complexity index is 228. The fourth-order valence-electron chi connectivity index (χ4n) is 1.46. The molecule has 0 N–H and O–H groups in total.